The van der Waals surface area contributed by atoms with Gasteiger partial charge in [-0.1, -0.05) is 43.5 Å². The molecule has 0 aliphatic heterocycles. The Morgan fingerprint density at radius 1 is 1.25 bits per heavy atom. The van der Waals surface area contributed by atoms with Crippen molar-refractivity contribution in [3.8, 4) is 0 Å². The molecule has 2 N–H and O–H groups in total. The molecule has 1 aromatic carbocycles. The molecule has 0 unspecified atom stereocenters. The third-order valence-corrected chi connectivity index (χ3v) is 4.19. The molecule has 0 radical (unpaired) electrons. The van der Waals surface area contributed by atoms with Gasteiger partial charge in [0.25, 0.3) is 0 Å². The Balaban J connectivity index is 0.00000200. The summed E-state index contributed by atoms with van der Waals surface area (Å²) in [5.74, 6) is 0.0930. The lowest BCUT2D eigenvalue weighted by molar-refractivity contribution is -0.137. The van der Waals surface area contributed by atoms with E-state index in [1.807, 2.05) is 19.2 Å². The van der Waals surface area contributed by atoms with Crippen molar-refractivity contribution in [1.29, 1.82) is 0 Å². The SMILES string of the molecule is Cc1ccccc1CN(C)C(=O)C1(N)CCCCC1.Cl. The highest BCUT2D eigenvalue weighted by atomic mass is 35.5. The van der Waals surface area contributed by atoms with Gasteiger partial charge in [-0.25, -0.2) is 0 Å². The fourth-order valence-electron chi connectivity index (χ4n) is 2.89. The van der Waals surface area contributed by atoms with Gasteiger partial charge < -0.3 is 10.6 Å². The predicted octanol–water partition coefficient (Wildman–Crippen LogP) is 3.04. The van der Waals surface area contributed by atoms with Gasteiger partial charge in [0.1, 0.15) is 0 Å². The van der Waals surface area contributed by atoms with Crippen molar-refractivity contribution in [2.75, 3.05) is 7.05 Å². The van der Waals surface area contributed by atoms with Crippen LogP contribution >= 0.6 is 12.4 Å². The van der Waals surface area contributed by atoms with Gasteiger partial charge in [0.15, 0.2) is 0 Å². The molecule has 1 aliphatic rings. The molecule has 0 spiro atoms. The highest BCUT2D eigenvalue weighted by Gasteiger charge is 2.37. The standard InChI is InChI=1S/C16H24N2O.ClH/c1-13-8-4-5-9-14(13)12-18(2)15(19)16(17)10-6-3-7-11-16;/h4-5,8-9H,3,6-7,10-12,17H2,1-2H3;1H. The highest BCUT2D eigenvalue weighted by molar-refractivity contribution is 5.86. The molecule has 0 atom stereocenters. The van der Waals surface area contributed by atoms with Crippen LogP contribution in [0.25, 0.3) is 0 Å². The van der Waals surface area contributed by atoms with Crippen molar-refractivity contribution in [2.24, 2.45) is 5.73 Å². The minimum absolute atomic E-state index is 0. The van der Waals surface area contributed by atoms with E-state index in [0.717, 1.165) is 25.7 Å². The first-order valence-electron chi connectivity index (χ1n) is 7.12. The quantitative estimate of drug-likeness (QED) is 0.932. The van der Waals surface area contributed by atoms with Crippen LogP contribution in [0.4, 0.5) is 0 Å². The predicted molar refractivity (Wildman–Crippen MR) is 84.9 cm³/mol. The number of carbonyl (C=O) groups excluding carboxylic acids is 1. The van der Waals surface area contributed by atoms with Gasteiger partial charge >= 0.3 is 0 Å². The number of hydrogen-bond donors (Lipinski definition) is 1. The number of rotatable bonds is 3. The van der Waals surface area contributed by atoms with Crippen LogP contribution in [0.15, 0.2) is 24.3 Å². The third-order valence-electron chi connectivity index (χ3n) is 4.19. The summed E-state index contributed by atoms with van der Waals surface area (Å²) >= 11 is 0. The van der Waals surface area contributed by atoms with E-state index in [0.29, 0.717) is 6.54 Å². The summed E-state index contributed by atoms with van der Waals surface area (Å²) in [6.45, 7) is 2.72. The molecule has 0 aromatic heterocycles. The number of benzene rings is 1. The van der Waals surface area contributed by atoms with E-state index in [1.165, 1.54) is 17.5 Å². The van der Waals surface area contributed by atoms with E-state index in [1.54, 1.807) is 4.90 Å². The van der Waals surface area contributed by atoms with Gasteiger partial charge in [0, 0.05) is 13.6 Å². The molecule has 1 fully saturated rings. The molecule has 0 saturated heterocycles. The van der Waals surface area contributed by atoms with Gasteiger partial charge in [0.05, 0.1) is 5.54 Å². The van der Waals surface area contributed by atoms with Crippen LogP contribution in [0.2, 0.25) is 0 Å². The molecular weight excluding hydrogens is 272 g/mol. The van der Waals surface area contributed by atoms with Crippen LogP contribution in [0, 0.1) is 6.92 Å². The lowest BCUT2D eigenvalue weighted by Crippen LogP contribution is -2.55. The van der Waals surface area contributed by atoms with E-state index >= 15 is 0 Å². The summed E-state index contributed by atoms with van der Waals surface area (Å²) in [4.78, 5) is 14.3. The van der Waals surface area contributed by atoms with Crippen LogP contribution in [0.5, 0.6) is 0 Å². The Morgan fingerprint density at radius 2 is 1.85 bits per heavy atom. The first kappa shape index (κ1) is 17.0. The Bertz CT molecular complexity index is 456. The minimum Gasteiger partial charge on any atom is -0.340 e. The number of carbonyl (C=O) groups is 1. The molecule has 112 valence electrons. The lowest BCUT2D eigenvalue weighted by Gasteiger charge is -2.35. The lowest BCUT2D eigenvalue weighted by atomic mass is 9.81. The van der Waals surface area contributed by atoms with Crippen molar-refractivity contribution in [3.05, 3.63) is 35.4 Å². The van der Waals surface area contributed by atoms with Crippen LogP contribution < -0.4 is 5.73 Å². The number of halogens is 1. The largest absolute Gasteiger partial charge is 0.340 e. The zero-order chi connectivity index (χ0) is 13.9. The number of hydrogen-bond acceptors (Lipinski definition) is 2. The number of aryl methyl sites for hydroxylation is 1. The molecule has 1 saturated carbocycles. The Labute approximate surface area is 127 Å². The van der Waals surface area contributed by atoms with E-state index in [-0.39, 0.29) is 18.3 Å². The summed E-state index contributed by atoms with van der Waals surface area (Å²) in [5.41, 5.74) is 8.09. The Kier molecular flexibility index (Phi) is 6.03. The molecule has 2 rings (SSSR count). The molecule has 1 amide bonds. The number of nitrogens with zero attached hydrogens (tertiary/aromatic N) is 1. The van der Waals surface area contributed by atoms with Crippen molar-refractivity contribution in [1.82, 2.24) is 4.90 Å². The van der Waals surface area contributed by atoms with Gasteiger partial charge in [-0.3, -0.25) is 4.79 Å². The van der Waals surface area contributed by atoms with E-state index in [9.17, 15) is 4.79 Å². The molecule has 0 heterocycles. The van der Waals surface area contributed by atoms with Gasteiger partial charge in [-0.05, 0) is 30.9 Å². The third kappa shape index (κ3) is 3.74. The summed E-state index contributed by atoms with van der Waals surface area (Å²) < 4.78 is 0. The molecule has 3 nitrogen and oxygen atoms in total. The summed E-state index contributed by atoms with van der Waals surface area (Å²) in [7, 11) is 1.86. The van der Waals surface area contributed by atoms with Crippen LogP contribution in [-0.2, 0) is 11.3 Å². The maximum atomic E-state index is 12.5. The first-order chi connectivity index (χ1) is 9.03. The van der Waals surface area contributed by atoms with Crippen LogP contribution in [0.3, 0.4) is 0 Å². The highest BCUT2D eigenvalue weighted by Crippen LogP contribution is 2.28. The van der Waals surface area contributed by atoms with Crippen molar-refractivity contribution >= 4 is 18.3 Å². The van der Waals surface area contributed by atoms with Gasteiger partial charge in [-0.15, -0.1) is 12.4 Å². The second-order valence-electron chi connectivity index (χ2n) is 5.80. The van der Waals surface area contributed by atoms with E-state index < -0.39 is 5.54 Å². The average molecular weight is 297 g/mol. The van der Waals surface area contributed by atoms with Crippen molar-refractivity contribution in [2.45, 2.75) is 51.1 Å². The smallest absolute Gasteiger partial charge is 0.242 e. The molecule has 20 heavy (non-hydrogen) atoms. The number of nitrogens with two attached hydrogens (primary N) is 1. The normalized spacial score (nSPS) is 17.1. The maximum absolute atomic E-state index is 12.5. The summed E-state index contributed by atoms with van der Waals surface area (Å²) in [5, 5.41) is 0. The fraction of sp³-hybridized carbons (Fsp3) is 0.562. The molecular formula is C16H25ClN2O. The van der Waals surface area contributed by atoms with Gasteiger partial charge in [0.2, 0.25) is 5.91 Å². The monoisotopic (exact) mass is 296 g/mol. The molecule has 1 aromatic rings. The second kappa shape index (κ2) is 7.09. The van der Waals surface area contributed by atoms with Crippen LogP contribution in [-0.4, -0.2) is 23.4 Å². The van der Waals surface area contributed by atoms with Crippen molar-refractivity contribution < 1.29 is 4.79 Å². The number of likely N-dealkylation sites (N-methyl/N-ethyl adjacent to an activating group) is 1. The summed E-state index contributed by atoms with van der Waals surface area (Å²) in [6.07, 6.45) is 4.99. The van der Waals surface area contributed by atoms with E-state index in [2.05, 4.69) is 19.1 Å². The fourth-order valence-corrected chi connectivity index (χ4v) is 2.89. The zero-order valence-corrected chi connectivity index (χ0v) is 13.2. The summed E-state index contributed by atoms with van der Waals surface area (Å²) in [6, 6.07) is 8.18. The molecule has 4 heteroatoms. The number of amides is 1. The Hall–Kier alpha value is -1.06. The Morgan fingerprint density at radius 3 is 2.45 bits per heavy atom. The molecule has 0 bridgehead atoms. The van der Waals surface area contributed by atoms with Crippen LogP contribution in [0.1, 0.15) is 43.2 Å². The zero-order valence-electron chi connectivity index (χ0n) is 12.4. The van der Waals surface area contributed by atoms with E-state index in [4.69, 9.17) is 5.73 Å². The first-order valence-corrected chi connectivity index (χ1v) is 7.12. The maximum Gasteiger partial charge on any atom is 0.242 e. The topological polar surface area (TPSA) is 46.3 Å². The minimum atomic E-state index is -0.629. The van der Waals surface area contributed by atoms with Crippen molar-refractivity contribution in [3.63, 3.8) is 0 Å². The second-order valence-corrected chi connectivity index (χ2v) is 5.80. The average Bonchev–Trinajstić information content (AvgIpc) is 2.41. The van der Waals surface area contributed by atoms with Gasteiger partial charge in [-0.2, -0.15) is 0 Å². The molecule has 1 aliphatic carbocycles.